The van der Waals surface area contributed by atoms with Gasteiger partial charge in [-0.15, -0.1) is 0 Å². The minimum atomic E-state index is -0.429. The van der Waals surface area contributed by atoms with Gasteiger partial charge >= 0.3 is 5.69 Å². The zero-order chi connectivity index (χ0) is 11.3. The Hall–Kier alpha value is -1.40. The number of H-pyrrole nitrogens is 1. The van der Waals surface area contributed by atoms with Gasteiger partial charge in [0.05, 0.1) is 12.7 Å². The summed E-state index contributed by atoms with van der Waals surface area (Å²) in [5.41, 5.74) is -0.274. The average molecular weight is 224 g/mol. The van der Waals surface area contributed by atoms with Gasteiger partial charge in [0.2, 0.25) is 0 Å². The third-order valence-electron chi connectivity index (χ3n) is 3.11. The number of rotatable bonds is 1. The molecule has 0 aromatic carbocycles. The van der Waals surface area contributed by atoms with Crippen molar-refractivity contribution in [2.75, 3.05) is 6.61 Å². The summed E-state index contributed by atoms with van der Waals surface area (Å²) < 4.78 is 12.4. The van der Waals surface area contributed by atoms with Crippen molar-refractivity contribution in [1.82, 2.24) is 9.55 Å². The Bertz CT molecular complexity index is 520. The molecule has 0 bridgehead atoms. The largest absolute Gasteiger partial charge is 0.372 e. The lowest BCUT2D eigenvalue weighted by Gasteiger charge is -2.28. The Kier molecular flexibility index (Phi) is 2.02. The van der Waals surface area contributed by atoms with Gasteiger partial charge in [-0.3, -0.25) is 14.3 Å². The molecular weight excluding hydrogens is 212 g/mol. The van der Waals surface area contributed by atoms with Gasteiger partial charge in [-0.2, -0.15) is 0 Å². The third kappa shape index (κ3) is 1.34. The molecule has 0 unspecified atom stereocenters. The number of aromatic nitrogens is 2. The summed E-state index contributed by atoms with van der Waals surface area (Å²) >= 11 is 0. The molecular formula is C10H12N2O4. The first-order valence-electron chi connectivity index (χ1n) is 5.24. The molecule has 0 radical (unpaired) electrons. The Morgan fingerprint density at radius 3 is 2.81 bits per heavy atom. The Labute approximate surface area is 90.8 Å². The number of aryl methyl sites for hydroxylation is 1. The van der Waals surface area contributed by atoms with E-state index in [9.17, 15) is 9.59 Å². The Morgan fingerprint density at radius 1 is 1.44 bits per heavy atom. The first-order valence-corrected chi connectivity index (χ1v) is 5.24. The fourth-order valence-electron chi connectivity index (χ4n) is 2.09. The summed E-state index contributed by atoms with van der Waals surface area (Å²) in [7, 11) is 0. The van der Waals surface area contributed by atoms with Crippen molar-refractivity contribution in [2.24, 2.45) is 0 Å². The molecule has 86 valence electrons. The van der Waals surface area contributed by atoms with Crippen LogP contribution in [0.3, 0.4) is 0 Å². The lowest BCUT2D eigenvalue weighted by atomic mass is 10.1. The van der Waals surface area contributed by atoms with Crippen molar-refractivity contribution in [3.05, 3.63) is 32.6 Å². The predicted octanol–water partition coefficient (Wildman–Crippen LogP) is -0.469. The minimum Gasteiger partial charge on any atom is -0.372 e. The molecule has 1 aromatic heterocycles. The highest BCUT2D eigenvalue weighted by Crippen LogP contribution is 2.35. The summed E-state index contributed by atoms with van der Waals surface area (Å²) in [5.74, 6) is 0. The highest BCUT2D eigenvalue weighted by Gasteiger charge is 2.44. The van der Waals surface area contributed by atoms with Gasteiger partial charge in [0, 0.05) is 18.2 Å². The summed E-state index contributed by atoms with van der Waals surface area (Å²) in [6.45, 7) is 2.26. The molecule has 16 heavy (non-hydrogen) atoms. The standard InChI is InChI=1S/C10H12N2O4/c1-5-3-12(10(14)11-9(5)13)8-2-6-7(16-8)4-15-6/h3,6-8H,2,4H2,1H3,(H,11,13,14)/t6-,7+,8-/m1/s1. The van der Waals surface area contributed by atoms with E-state index in [0.29, 0.717) is 18.6 Å². The van der Waals surface area contributed by atoms with Crippen LogP contribution in [0.4, 0.5) is 0 Å². The van der Waals surface area contributed by atoms with Gasteiger partial charge in [0.25, 0.3) is 5.56 Å². The molecule has 3 heterocycles. The van der Waals surface area contributed by atoms with Crippen LogP contribution in [0.2, 0.25) is 0 Å². The van der Waals surface area contributed by atoms with Crippen molar-refractivity contribution in [2.45, 2.75) is 31.8 Å². The molecule has 0 amide bonds. The number of nitrogens with one attached hydrogen (secondary N) is 1. The zero-order valence-corrected chi connectivity index (χ0v) is 8.80. The van der Waals surface area contributed by atoms with Crippen LogP contribution in [0, 0.1) is 6.92 Å². The fourth-order valence-corrected chi connectivity index (χ4v) is 2.09. The molecule has 2 fully saturated rings. The van der Waals surface area contributed by atoms with Crippen LogP contribution in [-0.4, -0.2) is 28.4 Å². The van der Waals surface area contributed by atoms with Gasteiger partial charge in [-0.25, -0.2) is 4.79 Å². The second-order valence-electron chi connectivity index (χ2n) is 4.22. The lowest BCUT2D eigenvalue weighted by Crippen LogP contribution is -2.40. The quantitative estimate of drug-likeness (QED) is 0.700. The highest BCUT2D eigenvalue weighted by molar-refractivity contribution is 5.02. The minimum absolute atomic E-state index is 0.101. The first-order chi connectivity index (χ1) is 7.65. The van der Waals surface area contributed by atoms with E-state index in [0.717, 1.165) is 0 Å². The smallest absolute Gasteiger partial charge is 0.330 e. The van der Waals surface area contributed by atoms with Crippen LogP contribution in [0.1, 0.15) is 18.2 Å². The summed E-state index contributed by atoms with van der Waals surface area (Å²) in [4.78, 5) is 25.1. The number of aromatic amines is 1. The van der Waals surface area contributed by atoms with E-state index >= 15 is 0 Å². The Balaban J connectivity index is 1.97. The normalized spacial score (nSPS) is 32.2. The fraction of sp³-hybridized carbons (Fsp3) is 0.600. The van der Waals surface area contributed by atoms with Crippen molar-refractivity contribution >= 4 is 0 Å². The van der Waals surface area contributed by atoms with Crippen LogP contribution < -0.4 is 11.2 Å². The van der Waals surface area contributed by atoms with E-state index < -0.39 is 5.69 Å². The van der Waals surface area contributed by atoms with Crippen LogP contribution in [0.5, 0.6) is 0 Å². The summed E-state index contributed by atoms with van der Waals surface area (Å²) in [5, 5.41) is 0. The molecule has 0 spiro atoms. The number of hydrogen-bond acceptors (Lipinski definition) is 4. The number of ether oxygens (including phenoxy) is 2. The van der Waals surface area contributed by atoms with Crippen LogP contribution in [0.25, 0.3) is 0 Å². The highest BCUT2D eigenvalue weighted by atomic mass is 16.6. The topological polar surface area (TPSA) is 73.3 Å². The maximum Gasteiger partial charge on any atom is 0.330 e. The molecule has 2 aliphatic rings. The molecule has 3 atom stereocenters. The van der Waals surface area contributed by atoms with E-state index in [4.69, 9.17) is 9.47 Å². The molecule has 1 aromatic rings. The van der Waals surface area contributed by atoms with E-state index in [1.165, 1.54) is 10.8 Å². The van der Waals surface area contributed by atoms with E-state index in [2.05, 4.69) is 4.98 Å². The number of hydrogen-bond donors (Lipinski definition) is 1. The SMILES string of the molecule is Cc1cn([C@H]2C[C@H]3OC[C@@H]3O2)c(=O)[nH]c1=O. The summed E-state index contributed by atoms with van der Waals surface area (Å²) in [6, 6.07) is 0. The van der Waals surface area contributed by atoms with Gasteiger partial charge in [0.1, 0.15) is 12.3 Å². The average Bonchev–Trinajstić information content (AvgIpc) is 2.49. The first kappa shape index (κ1) is 9.80. The van der Waals surface area contributed by atoms with Crippen molar-refractivity contribution in [3.8, 4) is 0 Å². The molecule has 3 rings (SSSR count). The van der Waals surface area contributed by atoms with Crippen molar-refractivity contribution < 1.29 is 9.47 Å². The second-order valence-corrected chi connectivity index (χ2v) is 4.22. The molecule has 1 N–H and O–H groups in total. The third-order valence-corrected chi connectivity index (χ3v) is 3.11. The predicted molar refractivity (Wildman–Crippen MR) is 54.3 cm³/mol. The maximum atomic E-state index is 11.6. The van der Waals surface area contributed by atoms with Gasteiger partial charge in [0.15, 0.2) is 0 Å². The van der Waals surface area contributed by atoms with E-state index in [-0.39, 0.29) is 24.0 Å². The van der Waals surface area contributed by atoms with E-state index in [1.807, 2.05) is 0 Å². The number of fused-ring (bicyclic) bond motifs is 1. The second kappa shape index (κ2) is 3.29. The molecule has 0 saturated carbocycles. The van der Waals surface area contributed by atoms with Gasteiger partial charge in [-0.1, -0.05) is 0 Å². The lowest BCUT2D eigenvalue weighted by molar-refractivity contribution is -0.149. The molecule has 6 heteroatoms. The monoisotopic (exact) mass is 224 g/mol. The zero-order valence-electron chi connectivity index (χ0n) is 8.80. The summed E-state index contributed by atoms with van der Waals surface area (Å²) in [6.07, 6.45) is 2.08. The van der Waals surface area contributed by atoms with Crippen molar-refractivity contribution in [1.29, 1.82) is 0 Å². The molecule has 6 nitrogen and oxygen atoms in total. The molecule has 2 aliphatic heterocycles. The maximum absolute atomic E-state index is 11.6. The van der Waals surface area contributed by atoms with Gasteiger partial charge < -0.3 is 9.47 Å². The van der Waals surface area contributed by atoms with Crippen molar-refractivity contribution in [3.63, 3.8) is 0 Å². The van der Waals surface area contributed by atoms with E-state index in [1.54, 1.807) is 6.92 Å². The molecule has 0 aliphatic carbocycles. The van der Waals surface area contributed by atoms with Crippen LogP contribution in [0.15, 0.2) is 15.8 Å². The molecule has 2 saturated heterocycles. The Morgan fingerprint density at radius 2 is 2.25 bits per heavy atom. The number of nitrogens with zero attached hydrogens (tertiary/aromatic N) is 1. The van der Waals surface area contributed by atoms with Crippen LogP contribution >= 0.6 is 0 Å². The van der Waals surface area contributed by atoms with Crippen LogP contribution in [-0.2, 0) is 9.47 Å². The van der Waals surface area contributed by atoms with Gasteiger partial charge in [-0.05, 0) is 6.92 Å².